The molecule has 3 aromatic carbocycles. The number of benzene rings is 3. The van der Waals surface area contributed by atoms with Crippen molar-refractivity contribution in [1.29, 1.82) is 0 Å². The molecular formula is C22H20Cl2N2O3S2. The van der Waals surface area contributed by atoms with Crippen LogP contribution in [0.15, 0.2) is 76.5 Å². The Hall–Kier alpha value is -2.19. The highest BCUT2D eigenvalue weighted by molar-refractivity contribution is 7.98. The smallest absolute Gasteiger partial charge is 0.264 e. The molecule has 5 nitrogen and oxygen atoms in total. The van der Waals surface area contributed by atoms with Crippen molar-refractivity contribution in [2.45, 2.75) is 16.7 Å². The number of hydrogen-bond acceptors (Lipinski definition) is 4. The van der Waals surface area contributed by atoms with Gasteiger partial charge in [-0.2, -0.15) is 0 Å². The Morgan fingerprint density at radius 2 is 1.68 bits per heavy atom. The van der Waals surface area contributed by atoms with Crippen molar-refractivity contribution in [2.75, 3.05) is 22.4 Å². The van der Waals surface area contributed by atoms with E-state index >= 15 is 0 Å². The predicted octanol–water partition coefficient (Wildman–Crippen LogP) is 5.86. The van der Waals surface area contributed by atoms with Crippen LogP contribution in [0.5, 0.6) is 0 Å². The quantitative estimate of drug-likeness (QED) is 0.417. The highest BCUT2D eigenvalue weighted by Gasteiger charge is 2.28. The average Bonchev–Trinajstić information content (AvgIpc) is 2.74. The van der Waals surface area contributed by atoms with Crippen LogP contribution < -0.4 is 9.62 Å². The first-order valence-corrected chi connectivity index (χ1v) is 12.6. The normalized spacial score (nSPS) is 11.2. The molecule has 0 spiro atoms. The zero-order valence-corrected chi connectivity index (χ0v) is 19.9. The maximum Gasteiger partial charge on any atom is 0.264 e. The molecule has 0 radical (unpaired) electrons. The molecule has 0 heterocycles. The Bertz CT molecular complexity index is 1200. The third kappa shape index (κ3) is 5.54. The standard InChI is InChI=1S/C22H20Cl2N2O3S2/c1-15-7-10-17(11-8-15)31(28,29)26(16-9-12-18(23)19(24)13-16)14-22(27)25-20-5-3-4-6-21(20)30-2/h3-13H,14H2,1-2H3,(H,25,27). The van der Waals surface area contributed by atoms with E-state index in [1.165, 1.54) is 42.1 Å². The van der Waals surface area contributed by atoms with Crippen LogP contribution in [0, 0.1) is 6.92 Å². The summed E-state index contributed by atoms with van der Waals surface area (Å²) in [7, 11) is -4.04. The lowest BCUT2D eigenvalue weighted by molar-refractivity contribution is -0.114. The first kappa shape index (κ1) is 23.5. The summed E-state index contributed by atoms with van der Waals surface area (Å²) in [6.45, 7) is 1.43. The molecular weight excluding hydrogens is 475 g/mol. The summed E-state index contributed by atoms with van der Waals surface area (Å²) in [6.07, 6.45) is 1.90. The number of anilines is 2. The van der Waals surface area contributed by atoms with Crippen LogP contribution >= 0.6 is 35.0 Å². The van der Waals surface area contributed by atoms with Crippen LogP contribution in [0.1, 0.15) is 5.56 Å². The number of nitrogens with zero attached hydrogens (tertiary/aromatic N) is 1. The van der Waals surface area contributed by atoms with Crippen LogP contribution in [-0.4, -0.2) is 27.1 Å². The SMILES string of the molecule is CSc1ccccc1NC(=O)CN(c1ccc(Cl)c(Cl)c1)S(=O)(=O)c1ccc(C)cc1. The van der Waals surface area contributed by atoms with Gasteiger partial charge in [0.15, 0.2) is 0 Å². The van der Waals surface area contributed by atoms with E-state index in [0.717, 1.165) is 14.8 Å². The molecule has 0 aliphatic heterocycles. The van der Waals surface area contributed by atoms with Gasteiger partial charge in [0.25, 0.3) is 10.0 Å². The molecule has 0 saturated heterocycles. The largest absolute Gasteiger partial charge is 0.323 e. The summed E-state index contributed by atoms with van der Waals surface area (Å²) in [5, 5.41) is 3.27. The second kappa shape index (κ2) is 9.96. The number of halogens is 2. The molecule has 1 N–H and O–H groups in total. The molecule has 0 atom stereocenters. The van der Waals surface area contributed by atoms with E-state index in [4.69, 9.17) is 23.2 Å². The lowest BCUT2D eigenvalue weighted by Crippen LogP contribution is -2.38. The van der Waals surface area contributed by atoms with Crippen molar-refractivity contribution < 1.29 is 13.2 Å². The summed E-state index contributed by atoms with van der Waals surface area (Å²) >= 11 is 13.6. The van der Waals surface area contributed by atoms with Crippen molar-refractivity contribution >= 4 is 62.3 Å². The Morgan fingerprint density at radius 1 is 1.00 bits per heavy atom. The Morgan fingerprint density at radius 3 is 2.32 bits per heavy atom. The summed E-state index contributed by atoms with van der Waals surface area (Å²) in [5.41, 5.74) is 1.77. The topological polar surface area (TPSA) is 66.5 Å². The zero-order valence-electron chi connectivity index (χ0n) is 16.8. The third-order valence-electron chi connectivity index (χ3n) is 4.47. The van der Waals surface area contributed by atoms with Gasteiger partial charge in [-0.15, -0.1) is 11.8 Å². The van der Waals surface area contributed by atoms with Crippen LogP contribution in [0.25, 0.3) is 0 Å². The first-order valence-electron chi connectivity index (χ1n) is 9.19. The van der Waals surface area contributed by atoms with Crippen LogP contribution in [0.2, 0.25) is 10.0 Å². The number of para-hydroxylation sites is 1. The van der Waals surface area contributed by atoms with Gasteiger partial charge in [0, 0.05) is 4.90 Å². The molecule has 0 aliphatic carbocycles. The molecule has 0 aliphatic rings. The maximum atomic E-state index is 13.4. The van der Waals surface area contributed by atoms with E-state index in [1.54, 1.807) is 24.3 Å². The summed E-state index contributed by atoms with van der Waals surface area (Å²) in [4.78, 5) is 13.8. The third-order valence-corrected chi connectivity index (χ3v) is 7.79. The number of amides is 1. The minimum Gasteiger partial charge on any atom is -0.323 e. The predicted molar refractivity (Wildman–Crippen MR) is 129 cm³/mol. The Labute approximate surface area is 196 Å². The van der Waals surface area contributed by atoms with Crippen LogP contribution in [0.4, 0.5) is 11.4 Å². The number of thioether (sulfide) groups is 1. The fourth-order valence-electron chi connectivity index (χ4n) is 2.86. The van der Waals surface area contributed by atoms with E-state index in [9.17, 15) is 13.2 Å². The van der Waals surface area contributed by atoms with Gasteiger partial charge in [-0.3, -0.25) is 9.10 Å². The average molecular weight is 495 g/mol. The van der Waals surface area contributed by atoms with E-state index in [2.05, 4.69) is 5.32 Å². The van der Waals surface area contributed by atoms with E-state index in [1.807, 2.05) is 25.3 Å². The molecule has 162 valence electrons. The fraction of sp³-hybridized carbons (Fsp3) is 0.136. The molecule has 0 fully saturated rings. The van der Waals surface area contributed by atoms with Crippen LogP contribution in [0.3, 0.4) is 0 Å². The molecule has 0 unspecified atom stereocenters. The first-order chi connectivity index (χ1) is 14.7. The highest BCUT2D eigenvalue weighted by Crippen LogP contribution is 2.31. The lowest BCUT2D eigenvalue weighted by Gasteiger charge is -2.24. The molecule has 1 amide bonds. The molecule has 31 heavy (non-hydrogen) atoms. The number of carbonyl (C=O) groups excluding carboxylic acids is 1. The van der Waals surface area contributed by atoms with Gasteiger partial charge < -0.3 is 5.32 Å². The molecule has 9 heteroatoms. The number of carbonyl (C=O) groups is 1. The number of sulfonamides is 1. The molecule has 3 aromatic rings. The maximum absolute atomic E-state index is 13.4. The van der Waals surface area contributed by atoms with Gasteiger partial charge >= 0.3 is 0 Å². The number of rotatable bonds is 7. The summed E-state index contributed by atoms with van der Waals surface area (Å²) < 4.78 is 27.9. The Kier molecular flexibility index (Phi) is 7.54. The van der Waals surface area contributed by atoms with Gasteiger partial charge in [-0.1, -0.05) is 53.0 Å². The lowest BCUT2D eigenvalue weighted by atomic mass is 10.2. The molecule has 0 saturated carbocycles. The van der Waals surface area contributed by atoms with Gasteiger partial charge in [-0.05, 0) is 55.6 Å². The van der Waals surface area contributed by atoms with Gasteiger partial charge in [0.05, 0.1) is 26.3 Å². The minimum absolute atomic E-state index is 0.0708. The van der Waals surface area contributed by atoms with Crippen LogP contribution in [-0.2, 0) is 14.8 Å². The van der Waals surface area contributed by atoms with Crippen molar-refractivity contribution in [2.24, 2.45) is 0 Å². The van der Waals surface area contributed by atoms with Gasteiger partial charge in [-0.25, -0.2) is 8.42 Å². The van der Waals surface area contributed by atoms with Crippen molar-refractivity contribution in [3.8, 4) is 0 Å². The zero-order chi connectivity index (χ0) is 22.6. The number of aryl methyl sites for hydroxylation is 1. The van der Waals surface area contributed by atoms with Crippen molar-refractivity contribution in [3.05, 3.63) is 82.3 Å². The summed E-state index contributed by atoms with van der Waals surface area (Å²) in [5.74, 6) is -0.483. The number of nitrogens with one attached hydrogen (secondary N) is 1. The van der Waals surface area contributed by atoms with Crippen molar-refractivity contribution in [1.82, 2.24) is 0 Å². The van der Waals surface area contributed by atoms with Gasteiger partial charge in [0.1, 0.15) is 6.54 Å². The Balaban J connectivity index is 1.98. The monoisotopic (exact) mass is 494 g/mol. The second-order valence-corrected chi connectivity index (χ2v) is 10.2. The summed E-state index contributed by atoms with van der Waals surface area (Å²) in [6, 6.07) is 18.2. The highest BCUT2D eigenvalue weighted by atomic mass is 35.5. The van der Waals surface area contributed by atoms with Crippen molar-refractivity contribution in [3.63, 3.8) is 0 Å². The second-order valence-electron chi connectivity index (χ2n) is 6.67. The van der Waals surface area contributed by atoms with E-state index in [0.29, 0.717) is 5.69 Å². The van der Waals surface area contributed by atoms with E-state index < -0.39 is 22.5 Å². The number of hydrogen-bond donors (Lipinski definition) is 1. The van der Waals surface area contributed by atoms with E-state index in [-0.39, 0.29) is 20.6 Å². The molecule has 0 aromatic heterocycles. The fourth-order valence-corrected chi connectivity index (χ4v) is 5.12. The minimum atomic E-state index is -4.04. The molecule has 3 rings (SSSR count). The molecule has 0 bridgehead atoms. The van der Waals surface area contributed by atoms with Gasteiger partial charge in [0.2, 0.25) is 5.91 Å².